The Morgan fingerprint density at radius 2 is 1.54 bits per heavy atom. The van der Waals surface area contributed by atoms with Crippen LogP contribution in [0.25, 0.3) is 0 Å². The second-order valence-corrected chi connectivity index (χ2v) is 5.02. The highest BCUT2D eigenvalue weighted by molar-refractivity contribution is 6.06. The van der Waals surface area contributed by atoms with Crippen LogP contribution in [-0.4, -0.2) is 16.9 Å². The number of carbonyl (C=O) groups excluding carboxylic acids is 2. The van der Waals surface area contributed by atoms with Gasteiger partial charge < -0.3 is 20.2 Å². The van der Waals surface area contributed by atoms with Crippen LogP contribution in [0.15, 0.2) is 71.3 Å². The lowest BCUT2D eigenvalue weighted by atomic mass is 10.1. The highest BCUT2D eigenvalue weighted by Gasteiger charge is 2.11. The maximum atomic E-state index is 12.3. The molecule has 6 heteroatoms. The summed E-state index contributed by atoms with van der Waals surface area (Å²) in [5.74, 6) is -0.503. The number of nitrogens with one attached hydrogen (secondary N) is 2. The molecule has 0 bridgehead atoms. The molecule has 0 saturated carbocycles. The highest BCUT2D eigenvalue weighted by atomic mass is 16.3. The zero-order valence-corrected chi connectivity index (χ0v) is 12.5. The van der Waals surface area contributed by atoms with Gasteiger partial charge in [0.05, 0.1) is 6.26 Å². The molecule has 0 fully saturated rings. The van der Waals surface area contributed by atoms with Crippen LogP contribution in [0.2, 0.25) is 0 Å². The number of phenols is 1. The van der Waals surface area contributed by atoms with Gasteiger partial charge in [-0.3, -0.25) is 9.59 Å². The Kier molecular flexibility index (Phi) is 4.29. The minimum absolute atomic E-state index is 0.0623. The topological polar surface area (TPSA) is 91.6 Å². The molecule has 0 spiro atoms. The van der Waals surface area contributed by atoms with Crippen molar-refractivity contribution in [1.82, 2.24) is 0 Å². The van der Waals surface area contributed by atoms with Gasteiger partial charge in [-0.2, -0.15) is 0 Å². The highest BCUT2D eigenvalue weighted by Crippen LogP contribution is 2.18. The number of phenolic OH excluding ortho intramolecular Hbond substituents is 1. The zero-order valence-electron chi connectivity index (χ0n) is 12.5. The van der Waals surface area contributed by atoms with Crippen molar-refractivity contribution in [1.29, 1.82) is 0 Å². The monoisotopic (exact) mass is 322 g/mol. The Morgan fingerprint density at radius 1 is 0.833 bits per heavy atom. The third-order valence-electron chi connectivity index (χ3n) is 3.23. The van der Waals surface area contributed by atoms with Gasteiger partial charge in [0.2, 0.25) is 0 Å². The van der Waals surface area contributed by atoms with E-state index in [1.165, 1.54) is 18.4 Å². The van der Waals surface area contributed by atoms with Gasteiger partial charge in [0, 0.05) is 23.0 Å². The van der Waals surface area contributed by atoms with Crippen molar-refractivity contribution in [2.24, 2.45) is 0 Å². The molecule has 3 aromatic rings. The lowest BCUT2D eigenvalue weighted by molar-refractivity contribution is 0.0993. The van der Waals surface area contributed by atoms with Gasteiger partial charge in [-0.05, 0) is 42.5 Å². The van der Waals surface area contributed by atoms with Gasteiger partial charge in [-0.15, -0.1) is 0 Å². The predicted octanol–water partition coefficient (Wildman–Crippen LogP) is 3.49. The molecule has 1 aromatic heterocycles. The second-order valence-electron chi connectivity index (χ2n) is 5.02. The molecule has 120 valence electrons. The summed E-state index contributed by atoms with van der Waals surface area (Å²) >= 11 is 0. The molecule has 0 aliphatic rings. The Hall–Kier alpha value is -3.54. The minimum Gasteiger partial charge on any atom is -0.508 e. The summed E-state index contributed by atoms with van der Waals surface area (Å²) in [6.45, 7) is 0. The summed E-state index contributed by atoms with van der Waals surface area (Å²) < 4.78 is 5.02. The number of hydrogen-bond acceptors (Lipinski definition) is 4. The number of anilines is 2. The van der Waals surface area contributed by atoms with E-state index in [-0.39, 0.29) is 17.4 Å². The van der Waals surface area contributed by atoms with Crippen molar-refractivity contribution in [3.8, 4) is 5.75 Å². The van der Waals surface area contributed by atoms with Crippen LogP contribution >= 0.6 is 0 Å². The standard InChI is InChI=1S/C18H14N2O4/c21-15-7-2-6-14(11-15)19-17(22)12-4-1-5-13(10-12)20-18(23)16-8-3-9-24-16/h1-11,21H,(H,19,22)(H,20,23). The summed E-state index contributed by atoms with van der Waals surface area (Å²) in [5, 5.41) is 14.8. The van der Waals surface area contributed by atoms with Crippen molar-refractivity contribution in [3.63, 3.8) is 0 Å². The van der Waals surface area contributed by atoms with E-state index < -0.39 is 5.91 Å². The first kappa shape index (κ1) is 15.4. The van der Waals surface area contributed by atoms with Crippen LogP contribution in [0.4, 0.5) is 11.4 Å². The van der Waals surface area contributed by atoms with E-state index in [4.69, 9.17) is 4.42 Å². The van der Waals surface area contributed by atoms with Crippen molar-refractivity contribution < 1.29 is 19.1 Å². The van der Waals surface area contributed by atoms with Gasteiger partial charge in [0.1, 0.15) is 5.75 Å². The maximum Gasteiger partial charge on any atom is 0.291 e. The fourth-order valence-corrected chi connectivity index (χ4v) is 2.13. The third kappa shape index (κ3) is 3.61. The minimum atomic E-state index is -0.398. The molecular weight excluding hydrogens is 308 g/mol. The number of rotatable bonds is 4. The summed E-state index contributed by atoms with van der Waals surface area (Å²) in [5.41, 5.74) is 1.32. The van der Waals surface area contributed by atoms with E-state index in [0.717, 1.165) is 0 Å². The fraction of sp³-hybridized carbons (Fsp3) is 0. The van der Waals surface area contributed by atoms with Crippen LogP contribution in [0.3, 0.4) is 0 Å². The number of benzene rings is 2. The van der Waals surface area contributed by atoms with Crippen LogP contribution in [0.5, 0.6) is 5.75 Å². The summed E-state index contributed by atoms with van der Waals surface area (Å²) in [6, 6.07) is 15.9. The van der Waals surface area contributed by atoms with Crippen molar-refractivity contribution in [2.45, 2.75) is 0 Å². The van der Waals surface area contributed by atoms with E-state index in [2.05, 4.69) is 10.6 Å². The molecule has 6 nitrogen and oxygen atoms in total. The Labute approximate surface area is 137 Å². The van der Waals surface area contributed by atoms with E-state index in [9.17, 15) is 14.7 Å². The normalized spacial score (nSPS) is 10.2. The van der Waals surface area contributed by atoms with E-state index in [1.54, 1.807) is 48.5 Å². The summed E-state index contributed by atoms with van der Waals surface area (Å²) in [7, 11) is 0. The first-order chi connectivity index (χ1) is 11.6. The lowest BCUT2D eigenvalue weighted by Crippen LogP contribution is -2.14. The zero-order chi connectivity index (χ0) is 16.9. The number of amides is 2. The molecule has 2 aromatic carbocycles. The molecule has 0 saturated heterocycles. The third-order valence-corrected chi connectivity index (χ3v) is 3.23. The maximum absolute atomic E-state index is 12.3. The summed E-state index contributed by atoms with van der Waals surface area (Å²) in [4.78, 5) is 24.2. The SMILES string of the molecule is O=C(Nc1cccc(O)c1)c1cccc(NC(=O)c2ccco2)c1. The van der Waals surface area contributed by atoms with Gasteiger partial charge in [-0.1, -0.05) is 12.1 Å². The molecule has 3 rings (SSSR count). The van der Waals surface area contributed by atoms with Crippen LogP contribution in [-0.2, 0) is 0 Å². The van der Waals surface area contributed by atoms with Gasteiger partial charge in [0.15, 0.2) is 5.76 Å². The molecule has 24 heavy (non-hydrogen) atoms. The van der Waals surface area contributed by atoms with Gasteiger partial charge in [-0.25, -0.2) is 0 Å². The molecule has 0 radical (unpaired) electrons. The Morgan fingerprint density at radius 3 is 2.25 bits per heavy atom. The Balaban J connectivity index is 1.72. The van der Waals surface area contributed by atoms with Crippen LogP contribution < -0.4 is 10.6 Å². The molecular formula is C18H14N2O4. The van der Waals surface area contributed by atoms with Gasteiger partial charge >= 0.3 is 0 Å². The Bertz CT molecular complexity index is 872. The molecule has 0 unspecified atom stereocenters. The van der Waals surface area contributed by atoms with Crippen molar-refractivity contribution >= 4 is 23.2 Å². The fourth-order valence-electron chi connectivity index (χ4n) is 2.13. The number of carbonyl (C=O) groups is 2. The van der Waals surface area contributed by atoms with E-state index in [1.807, 2.05) is 0 Å². The number of furan rings is 1. The average molecular weight is 322 g/mol. The van der Waals surface area contributed by atoms with Crippen molar-refractivity contribution in [2.75, 3.05) is 10.6 Å². The molecule has 0 aliphatic heterocycles. The average Bonchev–Trinajstić information content (AvgIpc) is 3.10. The quantitative estimate of drug-likeness (QED) is 0.685. The molecule has 1 heterocycles. The van der Waals surface area contributed by atoms with Gasteiger partial charge in [0.25, 0.3) is 11.8 Å². The molecule has 2 amide bonds. The van der Waals surface area contributed by atoms with Crippen molar-refractivity contribution in [3.05, 3.63) is 78.3 Å². The molecule has 3 N–H and O–H groups in total. The number of hydrogen-bond donors (Lipinski definition) is 3. The predicted molar refractivity (Wildman–Crippen MR) is 89.2 cm³/mol. The smallest absolute Gasteiger partial charge is 0.291 e. The largest absolute Gasteiger partial charge is 0.508 e. The number of aromatic hydroxyl groups is 1. The lowest BCUT2D eigenvalue weighted by Gasteiger charge is -2.08. The van der Waals surface area contributed by atoms with Crippen LogP contribution in [0, 0.1) is 0 Å². The first-order valence-electron chi connectivity index (χ1n) is 7.17. The molecule has 0 atom stereocenters. The molecule has 0 aliphatic carbocycles. The second kappa shape index (κ2) is 6.70. The summed E-state index contributed by atoms with van der Waals surface area (Å²) in [6.07, 6.45) is 1.41. The first-order valence-corrected chi connectivity index (χ1v) is 7.17. The van der Waals surface area contributed by atoms with Crippen LogP contribution in [0.1, 0.15) is 20.9 Å². The van der Waals surface area contributed by atoms with E-state index >= 15 is 0 Å². The van der Waals surface area contributed by atoms with E-state index in [0.29, 0.717) is 16.9 Å².